The van der Waals surface area contributed by atoms with E-state index in [1.54, 1.807) is 0 Å². The Bertz CT molecular complexity index is 364. The highest BCUT2D eigenvalue weighted by molar-refractivity contribution is 9.10. The van der Waals surface area contributed by atoms with Crippen LogP contribution in [0.25, 0.3) is 0 Å². The van der Waals surface area contributed by atoms with Gasteiger partial charge in [-0.2, -0.15) is 0 Å². The van der Waals surface area contributed by atoms with Crippen molar-refractivity contribution >= 4 is 21.7 Å². The summed E-state index contributed by atoms with van der Waals surface area (Å²) in [6, 6.07) is 8.28. The van der Waals surface area contributed by atoms with Crippen molar-refractivity contribution in [2.75, 3.05) is 13.1 Å². The number of halogens is 1. The van der Waals surface area contributed by atoms with Crippen LogP contribution in [0.5, 0.6) is 0 Å². The predicted molar refractivity (Wildman–Crippen MR) is 63.8 cm³/mol. The zero-order valence-corrected chi connectivity index (χ0v) is 10.1. The Morgan fingerprint density at radius 3 is 3.00 bits per heavy atom. The lowest BCUT2D eigenvalue weighted by molar-refractivity contribution is -0.119. The van der Waals surface area contributed by atoms with Gasteiger partial charge in [0.2, 0.25) is 0 Å². The number of carbonyl (C=O) groups is 1. The lowest BCUT2D eigenvalue weighted by Crippen LogP contribution is -2.12. The van der Waals surface area contributed by atoms with Gasteiger partial charge in [-0.1, -0.05) is 28.1 Å². The fourth-order valence-electron chi connectivity index (χ4n) is 1.92. The van der Waals surface area contributed by atoms with Crippen LogP contribution in [-0.4, -0.2) is 18.9 Å². The fraction of sp³-hybridized carbons (Fsp3) is 0.417. The van der Waals surface area contributed by atoms with Crippen LogP contribution in [0, 0.1) is 5.92 Å². The van der Waals surface area contributed by atoms with Gasteiger partial charge in [0.1, 0.15) is 0 Å². The first kappa shape index (κ1) is 10.8. The van der Waals surface area contributed by atoms with Crippen LogP contribution >= 0.6 is 15.9 Å². The molecule has 15 heavy (non-hydrogen) atoms. The second-order valence-corrected chi connectivity index (χ2v) is 4.88. The molecule has 0 spiro atoms. The first-order valence-electron chi connectivity index (χ1n) is 5.23. The Morgan fingerprint density at radius 2 is 2.33 bits per heavy atom. The highest BCUT2D eigenvalue weighted by Gasteiger charge is 2.23. The maximum Gasteiger partial charge on any atom is 0.150 e. The molecule has 0 radical (unpaired) electrons. The molecule has 3 heteroatoms. The van der Waals surface area contributed by atoms with Crippen LogP contribution in [0.3, 0.4) is 0 Å². The molecule has 1 heterocycles. The topological polar surface area (TPSA) is 29.1 Å². The van der Waals surface area contributed by atoms with Crippen LogP contribution in [0.2, 0.25) is 0 Å². The largest absolute Gasteiger partial charge is 0.309 e. The van der Waals surface area contributed by atoms with Gasteiger partial charge in [-0.05, 0) is 30.5 Å². The highest BCUT2D eigenvalue weighted by atomic mass is 79.9. The van der Waals surface area contributed by atoms with E-state index in [0.29, 0.717) is 12.3 Å². The SMILES string of the molecule is O=C1CNCC1CCc1cccc(Br)c1. The lowest BCUT2D eigenvalue weighted by atomic mass is 9.98. The maximum atomic E-state index is 11.4. The van der Waals surface area contributed by atoms with Crippen molar-refractivity contribution in [1.29, 1.82) is 0 Å². The molecular formula is C12H14BrNO. The second kappa shape index (κ2) is 4.90. The summed E-state index contributed by atoms with van der Waals surface area (Å²) in [5.74, 6) is 0.592. The van der Waals surface area contributed by atoms with E-state index >= 15 is 0 Å². The van der Waals surface area contributed by atoms with Crippen LogP contribution in [0.4, 0.5) is 0 Å². The number of Topliss-reactive ketones (excluding diaryl/α,β-unsaturated/α-hetero) is 1. The third-order valence-corrected chi connectivity index (χ3v) is 3.31. The van der Waals surface area contributed by atoms with Crippen LogP contribution < -0.4 is 5.32 Å². The molecular weight excluding hydrogens is 254 g/mol. The standard InChI is InChI=1S/C12H14BrNO/c13-11-3-1-2-9(6-11)4-5-10-7-14-8-12(10)15/h1-3,6,10,14H,4-5,7-8H2. The molecule has 1 aromatic carbocycles. The summed E-state index contributed by atoms with van der Waals surface area (Å²) in [6.45, 7) is 1.41. The van der Waals surface area contributed by atoms with Crippen molar-refractivity contribution in [1.82, 2.24) is 5.32 Å². The van der Waals surface area contributed by atoms with Crippen LogP contribution in [0.1, 0.15) is 12.0 Å². The number of aryl methyl sites for hydroxylation is 1. The van der Waals surface area contributed by atoms with Gasteiger partial charge in [-0.3, -0.25) is 4.79 Å². The first-order valence-corrected chi connectivity index (χ1v) is 6.03. The number of benzene rings is 1. The molecule has 1 aliphatic rings. The summed E-state index contributed by atoms with van der Waals surface area (Å²) in [6.07, 6.45) is 1.94. The summed E-state index contributed by atoms with van der Waals surface area (Å²) in [5, 5.41) is 3.11. The van der Waals surface area contributed by atoms with E-state index in [4.69, 9.17) is 0 Å². The summed E-state index contributed by atoms with van der Waals surface area (Å²) in [7, 11) is 0. The zero-order chi connectivity index (χ0) is 10.7. The van der Waals surface area contributed by atoms with Crippen LogP contribution in [0.15, 0.2) is 28.7 Å². The zero-order valence-electron chi connectivity index (χ0n) is 8.50. The molecule has 1 saturated heterocycles. The molecule has 80 valence electrons. The molecule has 0 bridgehead atoms. The van der Waals surface area contributed by atoms with Crippen molar-refractivity contribution in [2.24, 2.45) is 5.92 Å². The second-order valence-electron chi connectivity index (χ2n) is 3.96. The molecule has 1 unspecified atom stereocenters. The molecule has 1 atom stereocenters. The normalized spacial score (nSPS) is 20.9. The number of ketones is 1. The average Bonchev–Trinajstić information content (AvgIpc) is 2.61. The molecule has 0 aromatic heterocycles. The Hall–Kier alpha value is -0.670. The number of carbonyl (C=O) groups excluding carboxylic acids is 1. The van der Waals surface area contributed by atoms with Gasteiger partial charge >= 0.3 is 0 Å². The van der Waals surface area contributed by atoms with Gasteiger partial charge in [0.25, 0.3) is 0 Å². The van der Waals surface area contributed by atoms with E-state index in [-0.39, 0.29) is 5.92 Å². The van der Waals surface area contributed by atoms with Gasteiger partial charge in [-0.25, -0.2) is 0 Å². The van der Waals surface area contributed by atoms with E-state index in [1.807, 2.05) is 12.1 Å². The number of nitrogens with one attached hydrogen (secondary N) is 1. The van der Waals surface area contributed by atoms with Crippen LogP contribution in [-0.2, 0) is 11.2 Å². The maximum absolute atomic E-state index is 11.4. The molecule has 2 nitrogen and oxygen atoms in total. The molecule has 1 aliphatic heterocycles. The summed E-state index contributed by atoms with van der Waals surface area (Å²) in [4.78, 5) is 11.4. The van der Waals surface area contributed by atoms with Gasteiger partial charge in [0.05, 0.1) is 6.54 Å². The fourth-order valence-corrected chi connectivity index (χ4v) is 2.37. The Kier molecular flexibility index (Phi) is 3.54. The van der Waals surface area contributed by atoms with E-state index in [0.717, 1.165) is 23.9 Å². The summed E-state index contributed by atoms with van der Waals surface area (Å²) in [5.41, 5.74) is 1.30. The summed E-state index contributed by atoms with van der Waals surface area (Å²) >= 11 is 3.45. The van der Waals surface area contributed by atoms with Gasteiger partial charge in [0.15, 0.2) is 5.78 Å². The van der Waals surface area contributed by atoms with Crippen molar-refractivity contribution in [3.63, 3.8) is 0 Å². The van der Waals surface area contributed by atoms with Gasteiger partial charge in [0, 0.05) is 16.9 Å². The molecule has 1 fully saturated rings. The average molecular weight is 268 g/mol. The smallest absolute Gasteiger partial charge is 0.150 e. The van der Waals surface area contributed by atoms with E-state index in [9.17, 15) is 4.79 Å². The first-order chi connectivity index (χ1) is 7.25. The predicted octanol–water partition coefficient (Wildman–Crippen LogP) is 2.17. The number of hydrogen-bond acceptors (Lipinski definition) is 2. The van der Waals surface area contributed by atoms with E-state index in [2.05, 4.69) is 33.4 Å². The van der Waals surface area contributed by atoms with Crippen molar-refractivity contribution in [2.45, 2.75) is 12.8 Å². The quantitative estimate of drug-likeness (QED) is 0.910. The van der Waals surface area contributed by atoms with Crippen molar-refractivity contribution in [3.8, 4) is 0 Å². The number of hydrogen-bond donors (Lipinski definition) is 1. The minimum Gasteiger partial charge on any atom is -0.309 e. The molecule has 0 aliphatic carbocycles. The van der Waals surface area contributed by atoms with Crippen molar-refractivity contribution in [3.05, 3.63) is 34.3 Å². The molecule has 0 amide bonds. The Labute approximate surface area is 98.2 Å². The monoisotopic (exact) mass is 267 g/mol. The molecule has 0 saturated carbocycles. The van der Waals surface area contributed by atoms with Gasteiger partial charge < -0.3 is 5.32 Å². The molecule has 2 rings (SSSR count). The molecule has 1 N–H and O–H groups in total. The number of rotatable bonds is 3. The molecule has 1 aromatic rings. The third-order valence-electron chi connectivity index (χ3n) is 2.82. The van der Waals surface area contributed by atoms with E-state index in [1.165, 1.54) is 5.56 Å². The van der Waals surface area contributed by atoms with Crippen molar-refractivity contribution < 1.29 is 4.79 Å². The third kappa shape index (κ3) is 2.89. The summed E-state index contributed by atoms with van der Waals surface area (Å²) < 4.78 is 1.11. The minimum atomic E-state index is 0.226. The Balaban J connectivity index is 1.90. The Morgan fingerprint density at radius 1 is 1.47 bits per heavy atom. The highest BCUT2D eigenvalue weighted by Crippen LogP contribution is 2.16. The van der Waals surface area contributed by atoms with Gasteiger partial charge in [-0.15, -0.1) is 0 Å². The lowest BCUT2D eigenvalue weighted by Gasteiger charge is -2.06. The van der Waals surface area contributed by atoms with E-state index < -0.39 is 0 Å². The minimum absolute atomic E-state index is 0.226.